The summed E-state index contributed by atoms with van der Waals surface area (Å²) in [5, 5.41) is 21.4. The molecule has 0 amide bonds. The molecule has 33 heavy (non-hydrogen) atoms. The van der Waals surface area contributed by atoms with Crippen LogP contribution in [0.5, 0.6) is 0 Å². The van der Waals surface area contributed by atoms with Crippen molar-refractivity contribution in [3.8, 4) is 0 Å². The number of rotatable bonds is 5. The number of benzene rings is 1. The molecule has 3 heterocycles. The molecule has 0 bridgehead atoms. The largest absolute Gasteiger partial charge is 0.477 e. The van der Waals surface area contributed by atoms with Crippen molar-refractivity contribution in [2.75, 3.05) is 31.6 Å². The lowest BCUT2D eigenvalue weighted by Crippen LogP contribution is -2.47. The van der Waals surface area contributed by atoms with E-state index in [4.69, 9.17) is 0 Å². The Morgan fingerprint density at radius 1 is 1.21 bits per heavy atom. The van der Waals surface area contributed by atoms with E-state index >= 15 is 0 Å². The van der Waals surface area contributed by atoms with Crippen LogP contribution in [-0.2, 0) is 0 Å². The highest BCUT2D eigenvalue weighted by molar-refractivity contribution is 5.93. The van der Waals surface area contributed by atoms with E-state index in [2.05, 4.69) is 9.88 Å². The quantitative estimate of drug-likeness (QED) is 0.466. The molecule has 5 rings (SSSR count). The van der Waals surface area contributed by atoms with E-state index in [1.807, 2.05) is 42.3 Å². The van der Waals surface area contributed by atoms with Crippen LogP contribution in [0.4, 0.5) is 11.5 Å². The molecule has 10 heteroatoms. The van der Waals surface area contributed by atoms with Crippen LogP contribution in [0.3, 0.4) is 0 Å². The summed E-state index contributed by atoms with van der Waals surface area (Å²) in [5.41, 5.74) is -0.0441. The van der Waals surface area contributed by atoms with Crippen molar-refractivity contribution in [3.05, 3.63) is 74.1 Å². The molecule has 0 spiro atoms. The van der Waals surface area contributed by atoms with Crippen molar-refractivity contribution in [1.82, 2.24) is 14.5 Å². The van der Waals surface area contributed by atoms with Gasteiger partial charge in [-0.3, -0.25) is 19.8 Å². The van der Waals surface area contributed by atoms with Crippen LogP contribution in [0, 0.1) is 10.1 Å². The maximum absolute atomic E-state index is 12.8. The van der Waals surface area contributed by atoms with Crippen LogP contribution in [0.1, 0.15) is 40.8 Å². The predicted octanol–water partition coefficient (Wildman–Crippen LogP) is 2.83. The minimum absolute atomic E-state index is 0.0251. The molecule has 1 aliphatic carbocycles. The zero-order valence-corrected chi connectivity index (χ0v) is 18.0. The Kier molecular flexibility index (Phi) is 5.09. The minimum atomic E-state index is -1.35. The van der Waals surface area contributed by atoms with Gasteiger partial charge >= 0.3 is 11.7 Å². The number of carboxylic acids is 1. The number of fused-ring (bicyclic) bond motifs is 1. The maximum Gasteiger partial charge on any atom is 0.341 e. The first kappa shape index (κ1) is 21.1. The normalized spacial score (nSPS) is 19.1. The van der Waals surface area contributed by atoms with Gasteiger partial charge < -0.3 is 14.6 Å². The molecular weight excluding hydrogens is 426 g/mol. The Hall–Kier alpha value is -3.79. The molecule has 3 aromatic rings. The number of likely N-dealkylation sites (N-methyl/N-ethyl adjacent to an activating group) is 1. The number of aromatic carboxylic acids is 1. The number of carbonyl (C=O) groups is 1. The number of nitro groups is 1. The molecule has 1 atom stereocenters. The summed E-state index contributed by atoms with van der Waals surface area (Å²) in [7, 11) is 2.02. The monoisotopic (exact) mass is 449 g/mol. The third-order valence-corrected chi connectivity index (χ3v) is 6.46. The van der Waals surface area contributed by atoms with Crippen LogP contribution < -0.4 is 10.3 Å². The lowest BCUT2D eigenvalue weighted by molar-refractivity contribution is -0.384. The number of hydrogen-bond acceptors (Lipinski definition) is 7. The second-order valence-corrected chi connectivity index (χ2v) is 8.63. The van der Waals surface area contributed by atoms with Gasteiger partial charge in [-0.1, -0.05) is 30.3 Å². The summed E-state index contributed by atoms with van der Waals surface area (Å²) in [5.74, 6) is -1.15. The molecule has 2 aromatic heterocycles. The summed E-state index contributed by atoms with van der Waals surface area (Å²) in [6.45, 7) is 1.73. The molecule has 10 nitrogen and oxygen atoms in total. The molecule has 1 aromatic carbocycles. The van der Waals surface area contributed by atoms with Gasteiger partial charge in [0.1, 0.15) is 11.2 Å². The maximum atomic E-state index is 12.8. The first-order valence-electron chi connectivity index (χ1n) is 10.8. The summed E-state index contributed by atoms with van der Waals surface area (Å²) in [4.78, 5) is 44.6. The molecule has 1 N–H and O–H groups in total. The van der Waals surface area contributed by atoms with Crippen molar-refractivity contribution >= 4 is 28.5 Å². The summed E-state index contributed by atoms with van der Waals surface area (Å²) in [6, 6.07) is 11.2. The standard InChI is InChI=1S/C23H23N5O5/c1-25-9-10-26(13-19(25)14-5-3-2-4-6-14)22-18(28(32)33)11-16-20(29)17(23(30)31)12-27(15-7-8-15)21(16)24-22/h2-6,11-12,15,19H,7-10,13H2,1H3,(H,30,31). The topological polar surface area (TPSA) is 122 Å². The molecule has 2 aliphatic rings. The first-order chi connectivity index (χ1) is 15.8. The Labute approximate surface area is 188 Å². The van der Waals surface area contributed by atoms with Crippen molar-refractivity contribution in [2.45, 2.75) is 24.9 Å². The average molecular weight is 449 g/mol. The molecule has 1 aliphatic heterocycles. The summed E-state index contributed by atoms with van der Waals surface area (Å²) >= 11 is 0. The second kappa shape index (κ2) is 7.96. The first-order valence-corrected chi connectivity index (χ1v) is 10.8. The number of pyridine rings is 2. The van der Waals surface area contributed by atoms with Crippen molar-refractivity contribution in [2.24, 2.45) is 0 Å². The highest BCUT2D eigenvalue weighted by Gasteiger charge is 2.33. The van der Waals surface area contributed by atoms with Crippen LogP contribution in [0.15, 0.2) is 47.4 Å². The minimum Gasteiger partial charge on any atom is -0.477 e. The Morgan fingerprint density at radius 2 is 1.94 bits per heavy atom. The van der Waals surface area contributed by atoms with Gasteiger partial charge in [-0.05, 0) is 25.5 Å². The van der Waals surface area contributed by atoms with Crippen molar-refractivity contribution < 1.29 is 14.8 Å². The molecule has 0 radical (unpaired) electrons. The number of anilines is 1. The fraction of sp³-hybridized carbons (Fsp3) is 0.348. The summed E-state index contributed by atoms with van der Waals surface area (Å²) in [6.07, 6.45) is 3.01. The van der Waals surface area contributed by atoms with E-state index < -0.39 is 21.9 Å². The average Bonchev–Trinajstić information content (AvgIpc) is 3.64. The van der Waals surface area contributed by atoms with Gasteiger partial charge in [-0.25, -0.2) is 9.78 Å². The van der Waals surface area contributed by atoms with Crippen LogP contribution >= 0.6 is 0 Å². The molecule has 1 saturated heterocycles. The van der Waals surface area contributed by atoms with Crippen LogP contribution in [-0.4, -0.2) is 57.1 Å². The van der Waals surface area contributed by atoms with Crippen LogP contribution in [0.25, 0.3) is 11.0 Å². The van der Waals surface area contributed by atoms with E-state index in [0.29, 0.717) is 25.3 Å². The molecule has 2 fully saturated rings. The number of nitrogens with zero attached hydrogens (tertiary/aromatic N) is 5. The van der Waals surface area contributed by atoms with E-state index in [1.54, 1.807) is 4.57 Å². The van der Waals surface area contributed by atoms with Gasteiger partial charge in [0.15, 0.2) is 0 Å². The predicted molar refractivity (Wildman–Crippen MR) is 122 cm³/mol. The van der Waals surface area contributed by atoms with Gasteiger partial charge in [0.05, 0.1) is 16.4 Å². The fourth-order valence-electron chi connectivity index (χ4n) is 4.50. The summed E-state index contributed by atoms with van der Waals surface area (Å²) < 4.78 is 1.69. The van der Waals surface area contributed by atoms with Crippen molar-refractivity contribution in [1.29, 1.82) is 0 Å². The number of carboxylic acid groups (broad SMARTS) is 1. The SMILES string of the molecule is CN1CCN(c2nc3c(cc2[N+](=O)[O-])c(=O)c(C(=O)O)cn3C2CC2)CC1c1ccccc1. The smallest absolute Gasteiger partial charge is 0.341 e. The zero-order chi connectivity index (χ0) is 23.3. The third-order valence-electron chi connectivity index (χ3n) is 6.46. The highest BCUT2D eigenvalue weighted by atomic mass is 16.6. The van der Waals surface area contributed by atoms with E-state index in [9.17, 15) is 24.8 Å². The number of aromatic nitrogens is 2. The Bertz CT molecular complexity index is 1320. The lowest BCUT2D eigenvalue weighted by Gasteiger charge is -2.40. The second-order valence-electron chi connectivity index (χ2n) is 8.63. The number of hydrogen-bond donors (Lipinski definition) is 1. The third kappa shape index (κ3) is 3.72. The molecule has 170 valence electrons. The van der Waals surface area contributed by atoms with Gasteiger partial charge in [0.2, 0.25) is 11.2 Å². The molecular formula is C23H23N5O5. The van der Waals surface area contributed by atoms with Crippen LogP contribution in [0.2, 0.25) is 0 Å². The lowest BCUT2D eigenvalue weighted by atomic mass is 10.0. The Balaban J connectivity index is 1.66. The molecule has 1 unspecified atom stereocenters. The van der Waals surface area contributed by atoms with E-state index in [0.717, 1.165) is 18.4 Å². The van der Waals surface area contributed by atoms with Crippen molar-refractivity contribution in [3.63, 3.8) is 0 Å². The van der Waals surface area contributed by atoms with Gasteiger partial charge in [0, 0.05) is 37.9 Å². The zero-order valence-electron chi connectivity index (χ0n) is 18.0. The number of piperazine rings is 1. The molecule has 1 saturated carbocycles. The highest BCUT2D eigenvalue weighted by Crippen LogP contribution is 2.39. The van der Waals surface area contributed by atoms with E-state index in [1.165, 1.54) is 12.3 Å². The van der Waals surface area contributed by atoms with Gasteiger partial charge in [0.25, 0.3) is 0 Å². The van der Waals surface area contributed by atoms with E-state index in [-0.39, 0.29) is 29.0 Å². The van der Waals surface area contributed by atoms with Gasteiger partial charge in [-0.15, -0.1) is 0 Å². The Morgan fingerprint density at radius 3 is 2.58 bits per heavy atom. The fourth-order valence-corrected chi connectivity index (χ4v) is 4.50. The van der Waals surface area contributed by atoms with Gasteiger partial charge in [-0.2, -0.15) is 0 Å².